The summed E-state index contributed by atoms with van der Waals surface area (Å²) in [5.74, 6) is 0. The molecule has 1 unspecified atom stereocenters. The second-order valence-electron chi connectivity index (χ2n) is 4.07. The van der Waals surface area contributed by atoms with Crippen LogP contribution >= 0.6 is 0 Å². The van der Waals surface area contributed by atoms with E-state index in [9.17, 15) is 17.4 Å². The van der Waals surface area contributed by atoms with Crippen molar-refractivity contribution in [1.29, 1.82) is 0 Å². The fraction of sp³-hybridized carbons (Fsp3) is 0.0769. The Hall–Kier alpha value is -1.82. The number of hydrogen-bond acceptors (Lipinski definition) is 2. The SMILES string of the molecule is O=S1c2ccccc2Nc2c1cccc2C(F)(F)F. The van der Waals surface area contributed by atoms with E-state index in [1.54, 1.807) is 24.3 Å². The highest BCUT2D eigenvalue weighted by atomic mass is 32.2. The zero-order chi connectivity index (χ0) is 13.6. The number of nitrogens with one attached hydrogen (secondary N) is 1. The topological polar surface area (TPSA) is 29.1 Å². The Bertz CT molecular complexity index is 682. The molecule has 0 aliphatic carbocycles. The van der Waals surface area contributed by atoms with Crippen LogP contribution in [0.5, 0.6) is 0 Å². The molecule has 0 saturated carbocycles. The number of rotatable bonds is 0. The van der Waals surface area contributed by atoms with Gasteiger partial charge in [-0.05, 0) is 24.3 Å². The van der Waals surface area contributed by atoms with Crippen LogP contribution in [0.4, 0.5) is 24.5 Å². The minimum absolute atomic E-state index is 0.118. The summed E-state index contributed by atoms with van der Waals surface area (Å²) in [5.41, 5.74) is -0.468. The second-order valence-corrected chi connectivity index (χ2v) is 5.48. The van der Waals surface area contributed by atoms with Gasteiger partial charge in [0.15, 0.2) is 0 Å². The molecule has 1 heterocycles. The minimum atomic E-state index is -4.48. The predicted octanol–water partition coefficient (Wildman–Crippen LogP) is 3.93. The van der Waals surface area contributed by atoms with Gasteiger partial charge < -0.3 is 5.32 Å². The van der Waals surface area contributed by atoms with Crippen molar-refractivity contribution in [3.63, 3.8) is 0 Å². The van der Waals surface area contributed by atoms with E-state index in [1.807, 2.05) is 0 Å². The van der Waals surface area contributed by atoms with Crippen LogP contribution in [-0.2, 0) is 17.0 Å². The lowest BCUT2D eigenvalue weighted by molar-refractivity contribution is -0.137. The molecule has 2 nitrogen and oxygen atoms in total. The summed E-state index contributed by atoms with van der Waals surface area (Å²) >= 11 is 0. The molecule has 1 aliphatic heterocycles. The molecule has 1 N–H and O–H groups in total. The smallest absolute Gasteiger partial charge is 0.353 e. The van der Waals surface area contributed by atoms with E-state index in [-0.39, 0.29) is 10.6 Å². The zero-order valence-corrected chi connectivity index (χ0v) is 10.3. The van der Waals surface area contributed by atoms with Gasteiger partial charge in [0.05, 0.1) is 37.5 Å². The van der Waals surface area contributed by atoms with Crippen LogP contribution in [0.25, 0.3) is 0 Å². The van der Waals surface area contributed by atoms with E-state index in [0.29, 0.717) is 10.6 Å². The van der Waals surface area contributed by atoms with Crippen molar-refractivity contribution in [3.05, 3.63) is 48.0 Å². The Labute approximate surface area is 109 Å². The molecular weight excluding hydrogens is 275 g/mol. The lowest BCUT2D eigenvalue weighted by Crippen LogP contribution is -2.15. The molecule has 0 radical (unpaired) electrons. The maximum Gasteiger partial charge on any atom is 0.418 e. The van der Waals surface area contributed by atoms with Crippen LogP contribution in [0.15, 0.2) is 52.3 Å². The summed E-state index contributed by atoms with van der Waals surface area (Å²) in [6.07, 6.45) is -4.48. The molecular formula is C13H8F3NOS. The van der Waals surface area contributed by atoms with Crippen molar-refractivity contribution in [1.82, 2.24) is 0 Å². The van der Waals surface area contributed by atoms with Crippen molar-refractivity contribution in [2.24, 2.45) is 0 Å². The molecule has 0 bridgehead atoms. The minimum Gasteiger partial charge on any atom is -0.353 e. The van der Waals surface area contributed by atoms with Crippen LogP contribution in [0.3, 0.4) is 0 Å². The van der Waals surface area contributed by atoms with E-state index in [2.05, 4.69) is 5.32 Å². The molecule has 2 aromatic carbocycles. The maximum absolute atomic E-state index is 12.9. The van der Waals surface area contributed by atoms with Gasteiger partial charge in [-0.1, -0.05) is 18.2 Å². The normalized spacial score (nSPS) is 17.3. The largest absolute Gasteiger partial charge is 0.418 e. The maximum atomic E-state index is 12.9. The standard InChI is InChI=1S/C13H8F3NOS/c14-13(15,16)8-4-3-7-11-12(8)17-9-5-1-2-6-10(9)19(11)18/h1-7,17H. The van der Waals surface area contributed by atoms with Crippen LogP contribution in [0, 0.1) is 0 Å². The summed E-state index contributed by atoms with van der Waals surface area (Å²) in [6.45, 7) is 0. The third-order valence-corrected chi connectivity index (χ3v) is 4.37. The number of anilines is 2. The summed E-state index contributed by atoms with van der Waals surface area (Å²) < 4.78 is 51.1. The van der Waals surface area contributed by atoms with Gasteiger partial charge in [-0.15, -0.1) is 0 Å². The third kappa shape index (κ3) is 1.92. The van der Waals surface area contributed by atoms with Gasteiger partial charge in [0.1, 0.15) is 0 Å². The Morgan fingerprint density at radius 3 is 2.37 bits per heavy atom. The fourth-order valence-electron chi connectivity index (χ4n) is 2.04. The molecule has 2 aromatic rings. The highest BCUT2D eigenvalue weighted by Gasteiger charge is 2.37. The number of benzene rings is 2. The molecule has 98 valence electrons. The van der Waals surface area contributed by atoms with Crippen molar-refractivity contribution in [2.45, 2.75) is 16.0 Å². The number of alkyl halides is 3. The molecule has 0 saturated heterocycles. The van der Waals surface area contributed by atoms with Gasteiger partial charge in [-0.2, -0.15) is 13.2 Å². The summed E-state index contributed by atoms with van der Waals surface area (Å²) in [5, 5.41) is 2.73. The average Bonchev–Trinajstić information content (AvgIpc) is 2.37. The summed E-state index contributed by atoms with van der Waals surface area (Å²) in [4.78, 5) is 0.655. The van der Waals surface area contributed by atoms with Gasteiger partial charge in [0, 0.05) is 0 Å². The van der Waals surface area contributed by atoms with Crippen molar-refractivity contribution in [3.8, 4) is 0 Å². The highest BCUT2D eigenvalue weighted by molar-refractivity contribution is 7.85. The van der Waals surface area contributed by atoms with E-state index < -0.39 is 22.5 Å². The predicted molar refractivity (Wildman–Crippen MR) is 65.8 cm³/mol. The lowest BCUT2D eigenvalue weighted by atomic mass is 10.1. The third-order valence-electron chi connectivity index (χ3n) is 2.88. The quantitative estimate of drug-likeness (QED) is 0.677. The van der Waals surface area contributed by atoms with Crippen molar-refractivity contribution in [2.75, 3.05) is 5.32 Å². The number of halogens is 3. The molecule has 1 aliphatic rings. The Morgan fingerprint density at radius 1 is 0.947 bits per heavy atom. The zero-order valence-electron chi connectivity index (χ0n) is 9.49. The first-order valence-corrected chi connectivity index (χ1v) is 6.61. The number of hydrogen-bond donors (Lipinski definition) is 1. The van der Waals surface area contributed by atoms with E-state index in [0.717, 1.165) is 6.07 Å². The molecule has 19 heavy (non-hydrogen) atoms. The van der Waals surface area contributed by atoms with Crippen LogP contribution in [0.2, 0.25) is 0 Å². The molecule has 0 fully saturated rings. The number of para-hydroxylation sites is 2. The van der Waals surface area contributed by atoms with E-state index >= 15 is 0 Å². The lowest BCUT2D eigenvalue weighted by Gasteiger charge is -2.23. The van der Waals surface area contributed by atoms with Gasteiger partial charge in [-0.25, -0.2) is 4.21 Å². The second kappa shape index (κ2) is 4.09. The number of fused-ring (bicyclic) bond motifs is 2. The first-order valence-electron chi connectivity index (χ1n) is 5.46. The Balaban J connectivity index is 2.24. The summed E-state index contributed by atoms with van der Waals surface area (Å²) in [7, 11) is -1.60. The molecule has 3 rings (SSSR count). The van der Waals surface area contributed by atoms with Gasteiger partial charge >= 0.3 is 6.18 Å². The first-order chi connectivity index (χ1) is 8.98. The monoisotopic (exact) mass is 283 g/mol. The molecule has 0 spiro atoms. The van der Waals surface area contributed by atoms with Gasteiger partial charge in [-0.3, -0.25) is 0 Å². The molecule has 1 atom stereocenters. The average molecular weight is 283 g/mol. The van der Waals surface area contributed by atoms with Crippen molar-refractivity contribution >= 4 is 22.2 Å². The molecule has 0 aromatic heterocycles. The van der Waals surface area contributed by atoms with Gasteiger partial charge in [0.25, 0.3) is 0 Å². The van der Waals surface area contributed by atoms with Crippen LogP contribution in [0.1, 0.15) is 5.56 Å². The fourth-order valence-corrected chi connectivity index (χ4v) is 3.34. The highest BCUT2D eigenvalue weighted by Crippen LogP contribution is 2.43. The molecule has 0 amide bonds. The van der Waals surface area contributed by atoms with Crippen LogP contribution in [-0.4, -0.2) is 4.21 Å². The van der Waals surface area contributed by atoms with Gasteiger partial charge in [0.2, 0.25) is 0 Å². The van der Waals surface area contributed by atoms with E-state index in [4.69, 9.17) is 0 Å². The molecule has 6 heteroatoms. The van der Waals surface area contributed by atoms with Crippen molar-refractivity contribution < 1.29 is 17.4 Å². The first kappa shape index (κ1) is 12.2. The summed E-state index contributed by atoms with van der Waals surface area (Å²) in [6, 6.07) is 10.3. The Kier molecular flexibility index (Phi) is 2.63. The van der Waals surface area contributed by atoms with Crippen LogP contribution < -0.4 is 5.32 Å². The van der Waals surface area contributed by atoms with E-state index in [1.165, 1.54) is 12.1 Å². The Morgan fingerprint density at radius 2 is 1.63 bits per heavy atom.